The maximum absolute atomic E-state index is 6.99. The van der Waals surface area contributed by atoms with Crippen LogP contribution in [0.5, 0.6) is 0 Å². The summed E-state index contributed by atoms with van der Waals surface area (Å²) in [5.74, 6) is 0. The molecule has 0 saturated carbocycles. The summed E-state index contributed by atoms with van der Waals surface area (Å²) in [5.41, 5.74) is 18.7. The van der Waals surface area contributed by atoms with Crippen LogP contribution < -0.4 is 4.90 Å². The van der Waals surface area contributed by atoms with E-state index < -0.39 is 0 Å². The van der Waals surface area contributed by atoms with E-state index in [1.54, 1.807) is 0 Å². The zero-order valence-corrected chi connectivity index (χ0v) is 33.3. The predicted octanol–water partition coefficient (Wildman–Crippen LogP) is 16.3. The minimum Gasteiger partial charge on any atom is -0.456 e. The largest absolute Gasteiger partial charge is 0.456 e. The number of rotatable bonds is 6. The van der Waals surface area contributed by atoms with Gasteiger partial charge in [0.05, 0.1) is 11.1 Å². The van der Waals surface area contributed by atoms with Crippen molar-refractivity contribution in [3.63, 3.8) is 0 Å². The number of anilines is 3. The molecule has 0 radical (unpaired) electrons. The molecular formula is C57H39NO2. The number of furan rings is 2. The highest BCUT2D eigenvalue weighted by molar-refractivity contribution is 6.18. The number of fused-ring (bicyclic) bond motifs is 9. The second-order valence-corrected chi connectivity index (χ2v) is 16.4. The highest BCUT2D eigenvalue weighted by atomic mass is 16.3. The summed E-state index contributed by atoms with van der Waals surface area (Å²) in [6.07, 6.45) is 0. The highest BCUT2D eigenvalue weighted by Crippen LogP contribution is 2.52. The third-order valence-corrected chi connectivity index (χ3v) is 12.7. The van der Waals surface area contributed by atoms with E-state index in [1.165, 1.54) is 33.4 Å². The molecule has 0 aliphatic heterocycles. The van der Waals surface area contributed by atoms with Gasteiger partial charge in [0.1, 0.15) is 22.3 Å². The number of para-hydroxylation sites is 2. The van der Waals surface area contributed by atoms with Crippen LogP contribution in [0.2, 0.25) is 0 Å². The maximum Gasteiger partial charge on any atom is 0.145 e. The first-order chi connectivity index (χ1) is 29.5. The van der Waals surface area contributed by atoms with Crippen molar-refractivity contribution >= 4 is 60.9 Å². The number of hydrogen-bond acceptors (Lipinski definition) is 3. The molecule has 2 heterocycles. The second-order valence-electron chi connectivity index (χ2n) is 16.4. The van der Waals surface area contributed by atoms with E-state index in [0.29, 0.717) is 0 Å². The van der Waals surface area contributed by atoms with Gasteiger partial charge in [0.2, 0.25) is 0 Å². The Labute approximate surface area is 348 Å². The molecule has 284 valence electrons. The summed E-state index contributed by atoms with van der Waals surface area (Å²) in [6.45, 7) is 4.70. The molecule has 60 heavy (non-hydrogen) atoms. The predicted molar refractivity (Wildman–Crippen MR) is 250 cm³/mol. The molecule has 0 bridgehead atoms. The minimum absolute atomic E-state index is 0.151. The number of nitrogens with zero attached hydrogens (tertiary/aromatic N) is 1. The van der Waals surface area contributed by atoms with Crippen molar-refractivity contribution < 1.29 is 8.83 Å². The van der Waals surface area contributed by atoms with E-state index in [-0.39, 0.29) is 5.41 Å². The van der Waals surface area contributed by atoms with Crippen LogP contribution in [0.1, 0.15) is 25.0 Å². The number of hydrogen-bond donors (Lipinski definition) is 0. The molecule has 0 atom stereocenters. The second kappa shape index (κ2) is 13.2. The smallest absolute Gasteiger partial charge is 0.145 e. The lowest BCUT2D eigenvalue weighted by Crippen LogP contribution is -2.16. The summed E-state index contributed by atoms with van der Waals surface area (Å²) >= 11 is 0. The van der Waals surface area contributed by atoms with Gasteiger partial charge in [0, 0.05) is 38.5 Å². The van der Waals surface area contributed by atoms with Crippen molar-refractivity contribution in [1.82, 2.24) is 0 Å². The fourth-order valence-corrected chi connectivity index (χ4v) is 9.76. The topological polar surface area (TPSA) is 29.5 Å². The summed E-state index contributed by atoms with van der Waals surface area (Å²) in [6, 6.07) is 71.9. The summed E-state index contributed by atoms with van der Waals surface area (Å²) < 4.78 is 13.2. The van der Waals surface area contributed by atoms with E-state index >= 15 is 0 Å². The first kappa shape index (κ1) is 34.4. The van der Waals surface area contributed by atoms with Gasteiger partial charge in [-0.1, -0.05) is 153 Å². The van der Waals surface area contributed by atoms with E-state index in [1.807, 2.05) is 12.1 Å². The molecule has 11 aromatic rings. The Morgan fingerprint density at radius 3 is 1.77 bits per heavy atom. The molecule has 9 aromatic carbocycles. The SMILES string of the molecule is CC1(C)c2ccccc2-c2ccc(N(c3ccc(-c4ccccc4)cc3)c3ccc(-c4ccccc4-c4ccc5oc6ccccc6c5c4)c4oc5ccccc5c34)cc21. The Kier molecular flexibility index (Phi) is 7.58. The molecule has 0 fully saturated rings. The molecule has 12 rings (SSSR count). The van der Waals surface area contributed by atoms with Crippen LogP contribution in [0.25, 0.3) is 88.4 Å². The van der Waals surface area contributed by atoms with E-state index in [0.717, 1.165) is 83.2 Å². The maximum atomic E-state index is 6.99. The van der Waals surface area contributed by atoms with Crippen molar-refractivity contribution in [3.05, 3.63) is 211 Å². The highest BCUT2D eigenvalue weighted by Gasteiger charge is 2.36. The first-order valence-electron chi connectivity index (χ1n) is 20.7. The van der Waals surface area contributed by atoms with Crippen LogP contribution >= 0.6 is 0 Å². The molecule has 3 nitrogen and oxygen atoms in total. The monoisotopic (exact) mass is 769 g/mol. The quantitative estimate of drug-likeness (QED) is 0.169. The molecule has 1 aliphatic carbocycles. The zero-order valence-electron chi connectivity index (χ0n) is 33.3. The molecular weight excluding hydrogens is 731 g/mol. The van der Waals surface area contributed by atoms with Crippen molar-refractivity contribution in [2.75, 3.05) is 4.90 Å². The van der Waals surface area contributed by atoms with Crippen LogP contribution in [0.4, 0.5) is 17.1 Å². The van der Waals surface area contributed by atoms with Crippen LogP contribution in [0.15, 0.2) is 209 Å². The van der Waals surface area contributed by atoms with Crippen molar-refractivity contribution in [3.8, 4) is 44.5 Å². The van der Waals surface area contributed by atoms with Gasteiger partial charge >= 0.3 is 0 Å². The Bertz CT molecular complexity index is 3460. The fourth-order valence-electron chi connectivity index (χ4n) is 9.76. The molecule has 0 unspecified atom stereocenters. The first-order valence-corrected chi connectivity index (χ1v) is 20.7. The van der Waals surface area contributed by atoms with E-state index in [9.17, 15) is 0 Å². The molecule has 1 aliphatic rings. The Morgan fingerprint density at radius 2 is 0.950 bits per heavy atom. The molecule has 0 amide bonds. The lowest BCUT2D eigenvalue weighted by Gasteiger charge is -2.29. The number of benzene rings is 9. The van der Waals surface area contributed by atoms with Gasteiger partial charge in [-0.3, -0.25) is 0 Å². The zero-order chi connectivity index (χ0) is 40.0. The van der Waals surface area contributed by atoms with Crippen molar-refractivity contribution in [2.45, 2.75) is 19.3 Å². The van der Waals surface area contributed by atoms with Crippen molar-refractivity contribution in [2.24, 2.45) is 0 Å². The van der Waals surface area contributed by atoms with Gasteiger partial charge in [-0.05, 0) is 111 Å². The van der Waals surface area contributed by atoms with E-state index in [2.05, 4.69) is 207 Å². The normalized spacial score (nSPS) is 13.0. The van der Waals surface area contributed by atoms with Crippen LogP contribution in [0.3, 0.4) is 0 Å². The van der Waals surface area contributed by atoms with Gasteiger partial charge in [-0.15, -0.1) is 0 Å². The van der Waals surface area contributed by atoms with Crippen molar-refractivity contribution in [1.29, 1.82) is 0 Å². The molecule has 0 saturated heterocycles. The average Bonchev–Trinajstić information content (AvgIpc) is 3.95. The molecule has 0 spiro atoms. The van der Waals surface area contributed by atoms with Gasteiger partial charge in [-0.25, -0.2) is 0 Å². The van der Waals surface area contributed by atoms with Gasteiger partial charge in [-0.2, -0.15) is 0 Å². The third-order valence-electron chi connectivity index (χ3n) is 12.7. The lowest BCUT2D eigenvalue weighted by molar-refractivity contribution is 0.660. The summed E-state index contributed by atoms with van der Waals surface area (Å²) in [4.78, 5) is 2.42. The molecule has 2 aromatic heterocycles. The Hall–Kier alpha value is -7.62. The fraction of sp³-hybridized carbons (Fsp3) is 0.0526. The van der Waals surface area contributed by atoms with Gasteiger partial charge in [0.15, 0.2) is 0 Å². The molecule has 3 heteroatoms. The standard InChI is InChI=1S/C57H39NO2/c1-57(2)49-21-11-8-18-43(49)44-30-29-40(35-50(44)57)58(39-27-24-37(25-28-39)36-14-4-3-5-15-36)51-32-31-46(56-55(51)47-20-10-13-23-53(47)60-56)42-17-7-6-16-41(42)38-26-33-54-48(34-38)45-19-9-12-22-52(45)59-54/h3-35H,1-2H3. The minimum atomic E-state index is -0.151. The summed E-state index contributed by atoms with van der Waals surface area (Å²) in [7, 11) is 0. The van der Waals surface area contributed by atoms with Gasteiger partial charge < -0.3 is 13.7 Å². The average molecular weight is 770 g/mol. The van der Waals surface area contributed by atoms with Crippen LogP contribution in [0, 0.1) is 0 Å². The molecule has 0 N–H and O–H groups in total. The van der Waals surface area contributed by atoms with Crippen LogP contribution in [-0.2, 0) is 5.41 Å². The van der Waals surface area contributed by atoms with Gasteiger partial charge in [0.25, 0.3) is 0 Å². The Morgan fingerprint density at radius 1 is 0.367 bits per heavy atom. The Balaban J connectivity index is 1.08. The van der Waals surface area contributed by atoms with E-state index in [4.69, 9.17) is 8.83 Å². The third kappa shape index (κ3) is 5.22. The lowest BCUT2D eigenvalue weighted by atomic mass is 9.82. The summed E-state index contributed by atoms with van der Waals surface area (Å²) in [5, 5.41) is 4.38. The van der Waals surface area contributed by atoms with Crippen LogP contribution in [-0.4, -0.2) is 0 Å².